The second-order valence-electron chi connectivity index (χ2n) is 3.15. The van der Waals surface area contributed by atoms with Gasteiger partial charge in [-0.2, -0.15) is 0 Å². The van der Waals surface area contributed by atoms with E-state index in [9.17, 15) is 4.79 Å². The third-order valence-corrected chi connectivity index (χ3v) is 3.00. The lowest BCUT2D eigenvalue weighted by atomic mass is 10.1. The van der Waals surface area contributed by atoms with E-state index in [4.69, 9.17) is 5.73 Å². The highest BCUT2D eigenvalue weighted by atomic mass is 35.5. The van der Waals surface area contributed by atoms with E-state index in [1.54, 1.807) is 0 Å². The van der Waals surface area contributed by atoms with Gasteiger partial charge in [-0.05, 0) is 0 Å². The number of hydrogen-bond acceptors (Lipinski definition) is 4. The average molecular weight is 255 g/mol. The molecule has 0 fully saturated rings. The number of carbonyl (C=O) groups is 1. The number of anilines is 1. The number of Topliss-reactive ketones (excluding diaryl/α,β-unsaturated/α-hetero) is 1. The summed E-state index contributed by atoms with van der Waals surface area (Å²) in [6, 6.07) is 9.58. The molecule has 0 saturated heterocycles. The van der Waals surface area contributed by atoms with Crippen molar-refractivity contribution in [1.82, 2.24) is 4.98 Å². The third-order valence-electron chi connectivity index (χ3n) is 2.01. The Kier molecular flexibility index (Phi) is 4.04. The van der Waals surface area contributed by atoms with Gasteiger partial charge >= 0.3 is 0 Å². The number of ketones is 1. The summed E-state index contributed by atoms with van der Waals surface area (Å²) in [6.45, 7) is 1.53. The van der Waals surface area contributed by atoms with Crippen LogP contribution in [0, 0.1) is 0 Å². The molecule has 5 heteroatoms. The summed E-state index contributed by atoms with van der Waals surface area (Å²) in [5.74, 6) is 0.00283. The normalized spacial score (nSPS) is 9.56. The minimum atomic E-state index is 0. The van der Waals surface area contributed by atoms with Crippen LogP contribution < -0.4 is 5.73 Å². The van der Waals surface area contributed by atoms with Gasteiger partial charge < -0.3 is 5.73 Å². The Bertz CT molecular complexity index is 496. The number of nitrogens with two attached hydrogens (primary N) is 1. The van der Waals surface area contributed by atoms with E-state index in [-0.39, 0.29) is 18.2 Å². The lowest BCUT2D eigenvalue weighted by molar-refractivity contribution is 0.102. The number of aromatic nitrogens is 1. The van der Waals surface area contributed by atoms with Crippen molar-refractivity contribution in [2.45, 2.75) is 6.92 Å². The minimum Gasteiger partial charge on any atom is -0.375 e. The molecule has 16 heavy (non-hydrogen) atoms. The summed E-state index contributed by atoms with van der Waals surface area (Å²) < 4.78 is 0. The summed E-state index contributed by atoms with van der Waals surface area (Å²) in [5.41, 5.74) is 7.22. The summed E-state index contributed by atoms with van der Waals surface area (Å²) in [6.07, 6.45) is 0. The fourth-order valence-electron chi connectivity index (χ4n) is 1.37. The van der Waals surface area contributed by atoms with E-state index >= 15 is 0 Å². The van der Waals surface area contributed by atoms with Gasteiger partial charge in [0.25, 0.3) is 0 Å². The molecule has 0 radical (unpaired) electrons. The number of thiazole rings is 1. The lowest BCUT2D eigenvalue weighted by Crippen LogP contribution is -1.91. The zero-order valence-electron chi connectivity index (χ0n) is 8.64. The monoisotopic (exact) mass is 254 g/mol. The molecule has 0 atom stereocenters. The van der Waals surface area contributed by atoms with Crippen LogP contribution in [0.4, 0.5) is 5.13 Å². The molecule has 0 saturated carbocycles. The largest absolute Gasteiger partial charge is 0.375 e. The number of hydrogen-bond donors (Lipinski definition) is 1. The van der Waals surface area contributed by atoms with E-state index in [0.29, 0.717) is 15.7 Å². The van der Waals surface area contributed by atoms with Crippen molar-refractivity contribution < 1.29 is 4.79 Å². The molecule has 0 unspecified atom stereocenters. The fourth-order valence-corrected chi connectivity index (χ4v) is 2.12. The van der Waals surface area contributed by atoms with Crippen LogP contribution in [-0.2, 0) is 0 Å². The van der Waals surface area contributed by atoms with E-state index in [1.165, 1.54) is 18.3 Å². The first-order chi connectivity index (χ1) is 7.18. The van der Waals surface area contributed by atoms with E-state index in [2.05, 4.69) is 4.98 Å². The molecule has 0 aliphatic heterocycles. The molecule has 0 spiro atoms. The second-order valence-corrected chi connectivity index (χ2v) is 4.18. The molecule has 0 aliphatic rings. The van der Waals surface area contributed by atoms with Crippen molar-refractivity contribution in [1.29, 1.82) is 0 Å². The smallest absolute Gasteiger partial charge is 0.181 e. The van der Waals surface area contributed by atoms with E-state index < -0.39 is 0 Å². The van der Waals surface area contributed by atoms with Crippen LogP contribution in [-0.4, -0.2) is 10.8 Å². The van der Waals surface area contributed by atoms with E-state index in [0.717, 1.165) is 5.56 Å². The molecule has 2 rings (SSSR count). The standard InChI is InChI=1S/C11H10N2OS.ClH/c1-7(14)10-9(13-11(12)15-10)8-5-3-2-4-6-8;/h2-6H,1H3,(H2,12,13);1H. The predicted octanol–water partition coefficient (Wildman–Crippen LogP) is 3.02. The zero-order chi connectivity index (χ0) is 10.8. The number of carbonyl (C=O) groups excluding carboxylic acids is 1. The summed E-state index contributed by atoms with van der Waals surface area (Å²) in [5, 5.41) is 0.430. The number of nitrogens with zero attached hydrogens (tertiary/aromatic N) is 1. The van der Waals surface area contributed by atoms with Gasteiger partial charge in [-0.3, -0.25) is 4.79 Å². The van der Waals surface area contributed by atoms with Gasteiger partial charge in [0.15, 0.2) is 10.9 Å². The maximum Gasteiger partial charge on any atom is 0.181 e. The number of benzene rings is 1. The molecular weight excluding hydrogens is 244 g/mol. The number of halogens is 1. The Labute approximate surface area is 104 Å². The summed E-state index contributed by atoms with van der Waals surface area (Å²) in [4.78, 5) is 16.2. The molecule has 1 aromatic heterocycles. The zero-order valence-corrected chi connectivity index (χ0v) is 10.3. The minimum absolute atomic E-state index is 0. The predicted molar refractivity (Wildman–Crippen MR) is 69.2 cm³/mol. The van der Waals surface area contributed by atoms with Crippen LogP contribution in [0.3, 0.4) is 0 Å². The van der Waals surface area contributed by atoms with Crippen LogP contribution in [0.5, 0.6) is 0 Å². The molecule has 1 heterocycles. The Morgan fingerprint density at radius 1 is 1.31 bits per heavy atom. The maximum absolute atomic E-state index is 11.4. The fraction of sp³-hybridized carbons (Fsp3) is 0.0909. The Morgan fingerprint density at radius 2 is 1.94 bits per heavy atom. The highest BCUT2D eigenvalue weighted by molar-refractivity contribution is 7.17. The summed E-state index contributed by atoms with van der Waals surface area (Å²) in [7, 11) is 0. The van der Waals surface area contributed by atoms with Gasteiger partial charge in [0.2, 0.25) is 0 Å². The van der Waals surface area contributed by atoms with Crippen molar-refractivity contribution in [2.24, 2.45) is 0 Å². The number of rotatable bonds is 2. The lowest BCUT2D eigenvalue weighted by Gasteiger charge is -1.97. The van der Waals surface area contributed by atoms with Crippen LogP contribution in [0.2, 0.25) is 0 Å². The van der Waals surface area contributed by atoms with Crippen LogP contribution in [0.15, 0.2) is 30.3 Å². The third kappa shape index (κ3) is 2.40. The molecule has 3 nitrogen and oxygen atoms in total. The Balaban J connectivity index is 0.00000128. The average Bonchev–Trinajstić information content (AvgIpc) is 2.62. The van der Waals surface area contributed by atoms with Crippen molar-refractivity contribution in [2.75, 3.05) is 5.73 Å². The molecule has 2 N–H and O–H groups in total. The molecular formula is C11H11ClN2OS. The molecule has 0 amide bonds. The maximum atomic E-state index is 11.4. The van der Waals surface area contributed by atoms with Crippen molar-refractivity contribution in [3.8, 4) is 11.3 Å². The molecule has 2 aromatic rings. The number of nitrogen functional groups attached to an aromatic ring is 1. The Hall–Kier alpha value is -1.39. The SMILES string of the molecule is CC(=O)c1sc(N)nc1-c1ccccc1.Cl. The van der Waals surface area contributed by atoms with Crippen LogP contribution in [0.25, 0.3) is 11.3 Å². The van der Waals surface area contributed by atoms with Gasteiger partial charge in [-0.1, -0.05) is 41.7 Å². The van der Waals surface area contributed by atoms with Gasteiger partial charge in [0.1, 0.15) is 0 Å². The van der Waals surface area contributed by atoms with Gasteiger partial charge in [-0.15, -0.1) is 12.4 Å². The van der Waals surface area contributed by atoms with Crippen molar-refractivity contribution in [3.63, 3.8) is 0 Å². The molecule has 0 bridgehead atoms. The van der Waals surface area contributed by atoms with Crippen molar-refractivity contribution in [3.05, 3.63) is 35.2 Å². The van der Waals surface area contributed by atoms with Gasteiger partial charge in [0, 0.05) is 12.5 Å². The molecule has 1 aromatic carbocycles. The quantitative estimate of drug-likeness (QED) is 0.838. The molecule has 84 valence electrons. The second kappa shape index (κ2) is 5.09. The first kappa shape index (κ1) is 12.7. The first-order valence-corrected chi connectivity index (χ1v) is 5.33. The van der Waals surface area contributed by atoms with E-state index in [1.807, 2.05) is 30.3 Å². The topological polar surface area (TPSA) is 56.0 Å². The van der Waals surface area contributed by atoms with Crippen molar-refractivity contribution >= 4 is 34.7 Å². The summed E-state index contributed by atoms with van der Waals surface area (Å²) >= 11 is 1.23. The van der Waals surface area contributed by atoms with Crippen LogP contribution in [0.1, 0.15) is 16.6 Å². The van der Waals surface area contributed by atoms with Gasteiger partial charge in [-0.25, -0.2) is 4.98 Å². The van der Waals surface area contributed by atoms with Crippen LogP contribution >= 0.6 is 23.7 Å². The Morgan fingerprint density at radius 3 is 2.50 bits per heavy atom. The highest BCUT2D eigenvalue weighted by Gasteiger charge is 2.14. The van der Waals surface area contributed by atoms with Gasteiger partial charge in [0.05, 0.1) is 10.6 Å². The molecule has 0 aliphatic carbocycles. The first-order valence-electron chi connectivity index (χ1n) is 4.51. The highest BCUT2D eigenvalue weighted by Crippen LogP contribution is 2.29.